The molecule has 10 nitrogen and oxygen atoms in total. The predicted molar refractivity (Wildman–Crippen MR) is 150 cm³/mol. The molecule has 0 aliphatic heterocycles. The summed E-state index contributed by atoms with van der Waals surface area (Å²) in [6.07, 6.45) is 13.1. The first-order valence-corrected chi connectivity index (χ1v) is 16.2. The Hall–Kier alpha value is -1.43. The first kappa shape index (κ1) is 36.6. The van der Waals surface area contributed by atoms with E-state index >= 15 is 0 Å². The molecule has 1 unspecified atom stereocenters. The molecule has 1 aromatic heterocycles. The van der Waals surface area contributed by atoms with Crippen LogP contribution in [0.3, 0.4) is 0 Å². The summed E-state index contributed by atoms with van der Waals surface area (Å²) in [5, 5.41) is 9.43. The van der Waals surface area contributed by atoms with E-state index in [2.05, 4.69) is 4.98 Å². The van der Waals surface area contributed by atoms with E-state index in [0.29, 0.717) is 26.1 Å². The molecule has 0 amide bonds. The number of hydrogen-bond acceptors (Lipinski definition) is 7. The van der Waals surface area contributed by atoms with Gasteiger partial charge in [-0.1, -0.05) is 64.2 Å². The fourth-order valence-corrected chi connectivity index (χ4v) is 4.97. The van der Waals surface area contributed by atoms with Gasteiger partial charge in [-0.15, -0.1) is 0 Å². The van der Waals surface area contributed by atoms with Gasteiger partial charge in [0.25, 0.3) is 5.56 Å². The third-order valence-corrected chi connectivity index (χ3v) is 7.42. The minimum atomic E-state index is -4.04. The molecule has 1 rings (SSSR count). The average molecular weight is 599 g/mol. The Morgan fingerprint density at radius 2 is 1.48 bits per heavy atom. The lowest BCUT2D eigenvalue weighted by atomic mass is 10.0. The molecule has 234 valence electrons. The van der Waals surface area contributed by atoms with Crippen molar-refractivity contribution in [1.29, 1.82) is 0 Å². The van der Waals surface area contributed by atoms with Gasteiger partial charge in [-0.3, -0.25) is 18.9 Å². The Labute approximate surface area is 236 Å². The van der Waals surface area contributed by atoms with Crippen molar-refractivity contribution in [3.05, 3.63) is 33.1 Å². The molecule has 1 aromatic rings. The van der Waals surface area contributed by atoms with Crippen molar-refractivity contribution < 1.29 is 37.3 Å². The second kappa shape index (κ2) is 21.3. The third-order valence-electron chi connectivity index (χ3n) is 6.35. The number of alkyl halides is 2. The Morgan fingerprint density at radius 1 is 0.925 bits per heavy atom. The van der Waals surface area contributed by atoms with Gasteiger partial charge in [0.1, 0.15) is 6.35 Å². The SMILES string of the molecule is CC(F)(F)CCCCCCCCCCCCCCOCCCOP(=O)(O)CO[C@H](CO)Cn1ccc(=O)[nH]c1=O. The summed E-state index contributed by atoms with van der Waals surface area (Å²) in [4.78, 5) is 34.8. The molecule has 0 saturated carbocycles. The number of nitrogens with zero attached hydrogens (tertiary/aromatic N) is 1. The minimum Gasteiger partial charge on any atom is -0.394 e. The molecule has 3 N–H and O–H groups in total. The molecule has 1 heterocycles. The average Bonchev–Trinajstić information content (AvgIpc) is 2.88. The molecule has 0 saturated heterocycles. The maximum Gasteiger partial charge on any atom is 0.353 e. The summed E-state index contributed by atoms with van der Waals surface area (Å²) in [7, 11) is -4.04. The van der Waals surface area contributed by atoms with Gasteiger partial charge in [0.15, 0.2) is 0 Å². The van der Waals surface area contributed by atoms with Gasteiger partial charge in [0.2, 0.25) is 5.92 Å². The van der Waals surface area contributed by atoms with Crippen molar-refractivity contribution in [3.8, 4) is 0 Å². The summed E-state index contributed by atoms with van der Waals surface area (Å²) >= 11 is 0. The first-order valence-electron chi connectivity index (χ1n) is 14.5. The van der Waals surface area contributed by atoms with Crippen molar-refractivity contribution >= 4 is 7.60 Å². The molecule has 0 spiro atoms. The normalized spacial score (nSPS) is 14.3. The highest BCUT2D eigenvalue weighted by Gasteiger charge is 2.23. The van der Waals surface area contributed by atoms with Crippen molar-refractivity contribution in [1.82, 2.24) is 9.55 Å². The van der Waals surface area contributed by atoms with E-state index in [0.717, 1.165) is 56.1 Å². The highest BCUT2D eigenvalue weighted by atomic mass is 31.2. The quantitative estimate of drug-likeness (QED) is 0.0976. The van der Waals surface area contributed by atoms with Gasteiger partial charge in [0.05, 0.1) is 25.9 Å². The van der Waals surface area contributed by atoms with Crippen molar-refractivity contribution in [2.24, 2.45) is 0 Å². The van der Waals surface area contributed by atoms with E-state index in [1.165, 1.54) is 38.3 Å². The molecule has 0 aliphatic rings. The highest BCUT2D eigenvalue weighted by Crippen LogP contribution is 2.42. The number of aliphatic hydroxyl groups excluding tert-OH is 1. The number of halogens is 2. The number of nitrogens with one attached hydrogen (secondary N) is 1. The minimum absolute atomic E-state index is 0.00203. The molecular formula is C27H49F2N2O8P. The van der Waals surface area contributed by atoms with Crippen molar-refractivity contribution in [2.75, 3.05) is 32.8 Å². The van der Waals surface area contributed by atoms with Crippen LogP contribution >= 0.6 is 7.60 Å². The number of ether oxygens (including phenoxy) is 2. The fourth-order valence-electron chi connectivity index (χ4n) is 4.08. The van der Waals surface area contributed by atoms with Crippen LogP contribution in [-0.4, -0.2) is 64.4 Å². The van der Waals surface area contributed by atoms with Crippen LogP contribution in [0.25, 0.3) is 0 Å². The zero-order chi connectivity index (χ0) is 29.7. The van der Waals surface area contributed by atoms with Gasteiger partial charge in [-0.2, -0.15) is 0 Å². The van der Waals surface area contributed by atoms with E-state index in [4.69, 9.17) is 14.0 Å². The molecule has 0 aliphatic carbocycles. The standard InChI is InChI=1S/C27H49F2N2O8P/c1-27(28,29)16-12-10-8-6-4-2-3-5-7-9-11-13-18-37-19-14-20-39-40(35,36)23-38-24(22-32)21-31-17-15-25(33)30-26(31)34/h15,17,24,32H,2-14,16,18-23H2,1H3,(H,35,36)(H,30,33,34)/t24-/m0/s1. The van der Waals surface area contributed by atoms with Crippen LogP contribution in [0.4, 0.5) is 8.78 Å². The summed E-state index contributed by atoms with van der Waals surface area (Å²) in [6, 6.07) is 1.15. The van der Waals surface area contributed by atoms with Gasteiger partial charge in [-0.25, -0.2) is 13.6 Å². The Kier molecular flexibility index (Phi) is 19.5. The van der Waals surface area contributed by atoms with E-state index in [9.17, 15) is 32.9 Å². The summed E-state index contributed by atoms with van der Waals surface area (Å²) in [5.74, 6) is -2.53. The van der Waals surface area contributed by atoms with Crippen LogP contribution in [0.15, 0.2) is 21.9 Å². The van der Waals surface area contributed by atoms with Crippen LogP contribution in [0, 0.1) is 0 Å². The third kappa shape index (κ3) is 20.4. The van der Waals surface area contributed by atoms with Crippen LogP contribution in [0.5, 0.6) is 0 Å². The summed E-state index contributed by atoms with van der Waals surface area (Å²) in [6.45, 7) is 1.46. The van der Waals surface area contributed by atoms with E-state index in [1.54, 1.807) is 0 Å². The molecule has 0 fully saturated rings. The molecule has 0 radical (unpaired) electrons. The smallest absolute Gasteiger partial charge is 0.353 e. The van der Waals surface area contributed by atoms with E-state index < -0.39 is 43.8 Å². The van der Waals surface area contributed by atoms with Crippen LogP contribution in [-0.2, 0) is 25.1 Å². The predicted octanol–water partition coefficient (Wildman–Crippen LogP) is 5.21. The molecule has 0 aromatic carbocycles. The lowest BCUT2D eigenvalue weighted by Crippen LogP contribution is -2.34. The molecule has 0 bridgehead atoms. The van der Waals surface area contributed by atoms with Crippen LogP contribution in [0.2, 0.25) is 0 Å². The van der Waals surface area contributed by atoms with Crippen molar-refractivity contribution in [3.63, 3.8) is 0 Å². The molecule has 40 heavy (non-hydrogen) atoms. The zero-order valence-electron chi connectivity index (χ0n) is 23.9. The second-order valence-electron chi connectivity index (χ2n) is 10.4. The monoisotopic (exact) mass is 598 g/mol. The van der Waals surface area contributed by atoms with Crippen LogP contribution in [0.1, 0.15) is 96.8 Å². The molecule has 13 heteroatoms. The number of H-pyrrole nitrogens is 1. The fraction of sp³-hybridized carbons (Fsp3) is 0.852. The largest absolute Gasteiger partial charge is 0.394 e. The maximum absolute atomic E-state index is 12.7. The number of hydrogen-bond donors (Lipinski definition) is 3. The maximum atomic E-state index is 12.7. The highest BCUT2D eigenvalue weighted by molar-refractivity contribution is 7.52. The summed E-state index contributed by atoms with van der Waals surface area (Å²) < 4.78 is 54.6. The number of aromatic nitrogens is 2. The number of aromatic amines is 1. The summed E-state index contributed by atoms with van der Waals surface area (Å²) in [5.41, 5.74) is -1.22. The van der Waals surface area contributed by atoms with Gasteiger partial charge in [-0.05, 0) is 26.2 Å². The van der Waals surface area contributed by atoms with E-state index in [1.807, 2.05) is 0 Å². The number of rotatable bonds is 26. The Bertz CT molecular complexity index is 938. The van der Waals surface area contributed by atoms with Crippen molar-refractivity contribution in [2.45, 2.75) is 115 Å². The van der Waals surface area contributed by atoms with E-state index in [-0.39, 0.29) is 19.6 Å². The lowest BCUT2D eigenvalue weighted by molar-refractivity contribution is 0.0103. The van der Waals surface area contributed by atoms with Gasteiger partial charge >= 0.3 is 13.3 Å². The number of unbranched alkanes of at least 4 members (excludes halogenated alkanes) is 11. The topological polar surface area (TPSA) is 140 Å². The van der Waals surface area contributed by atoms with Gasteiger partial charge < -0.3 is 24.0 Å². The second-order valence-corrected chi connectivity index (χ2v) is 12.2. The first-order chi connectivity index (χ1) is 19.0. The Morgan fingerprint density at radius 3 is 2.02 bits per heavy atom. The lowest BCUT2D eigenvalue weighted by Gasteiger charge is -2.19. The molecule has 2 atom stereocenters. The number of aliphatic hydroxyl groups is 1. The zero-order valence-corrected chi connectivity index (χ0v) is 24.8. The van der Waals surface area contributed by atoms with Gasteiger partial charge in [0, 0.05) is 31.9 Å². The Balaban J connectivity index is 1.93. The van der Waals surface area contributed by atoms with Crippen LogP contribution < -0.4 is 11.2 Å². The molecular weight excluding hydrogens is 549 g/mol.